The molecule has 1 aliphatic heterocycles. The Hall–Kier alpha value is -2.04. The van der Waals surface area contributed by atoms with E-state index >= 15 is 0 Å². The predicted octanol–water partition coefficient (Wildman–Crippen LogP) is 0.832. The Morgan fingerprint density at radius 1 is 1.56 bits per heavy atom. The highest BCUT2D eigenvalue weighted by Gasteiger charge is 2.09. The highest BCUT2D eigenvalue weighted by molar-refractivity contribution is 6.49. The number of hydrogen-bond donors (Lipinski definition) is 0. The summed E-state index contributed by atoms with van der Waals surface area (Å²) in [5, 5.41) is 7.50. The molecule has 0 saturated carbocycles. The average molecular weight is 213 g/mol. The summed E-state index contributed by atoms with van der Waals surface area (Å²) in [6, 6.07) is 5.83. The summed E-state index contributed by atoms with van der Waals surface area (Å²) in [7, 11) is 1.60. The number of oxime groups is 2. The Morgan fingerprint density at radius 2 is 2.50 bits per heavy atom. The molecule has 79 valence electrons. The lowest BCUT2D eigenvalue weighted by molar-refractivity contribution is 0.176. The fourth-order valence-electron chi connectivity index (χ4n) is 1.26. The maximum Gasteiger partial charge on any atom is 0.449 e. The van der Waals surface area contributed by atoms with E-state index in [1.165, 1.54) is 0 Å². The fraction of sp³-hybridized carbons (Fsp3) is 0.0909. The van der Waals surface area contributed by atoms with Crippen molar-refractivity contribution >= 4 is 25.4 Å². The van der Waals surface area contributed by atoms with Crippen molar-refractivity contribution < 1.29 is 9.59 Å². The molecule has 0 fully saturated rings. The molecular formula is C11H10BN2O2. The molecule has 16 heavy (non-hydrogen) atoms. The van der Waals surface area contributed by atoms with Gasteiger partial charge in [0.1, 0.15) is 6.61 Å². The summed E-state index contributed by atoms with van der Waals surface area (Å²) in [6.07, 6.45) is 4.95. The SMILES string of the molecule is C=CCO/N=C/c1ccc2c(c1)C=NO[B]2. The minimum Gasteiger partial charge on any atom is -0.468 e. The third-order valence-electron chi connectivity index (χ3n) is 2.01. The van der Waals surface area contributed by atoms with E-state index in [1.807, 2.05) is 18.2 Å². The summed E-state index contributed by atoms with van der Waals surface area (Å²) in [5.41, 5.74) is 2.95. The molecule has 0 N–H and O–H groups in total. The summed E-state index contributed by atoms with van der Waals surface area (Å²) >= 11 is 0. The molecular weight excluding hydrogens is 203 g/mol. The Balaban J connectivity index is 2.09. The van der Waals surface area contributed by atoms with Crippen molar-refractivity contribution in [2.45, 2.75) is 0 Å². The largest absolute Gasteiger partial charge is 0.468 e. The van der Waals surface area contributed by atoms with E-state index in [2.05, 4.69) is 16.9 Å². The van der Waals surface area contributed by atoms with Gasteiger partial charge in [0, 0.05) is 0 Å². The first-order valence-corrected chi connectivity index (χ1v) is 4.83. The Morgan fingerprint density at radius 3 is 3.38 bits per heavy atom. The molecule has 0 aromatic heterocycles. The van der Waals surface area contributed by atoms with Crippen molar-refractivity contribution in [1.82, 2.24) is 0 Å². The molecule has 5 heteroatoms. The predicted molar refractivity (Wildman–Crippen MR) is 64.3 cm³/mol. The normalized spacial score (nSPS) is 12.8. The van der Waals surface area contributed by atoms with Gasteiger partial charge in [-0.3, -0.25) is 0 Å². The molecule has 0 atom stereocenters. The van der Waals surface area contributed by atoms with Gasteiger partial charge < -0.3 is 9.59 Å². The minimum absolute atomic E-state index is 0.407. The number of fused-ring (bicyclic) bond motifs is 1. The lowest BCUT2D eigenvalue weighted by Gasteiger charge is -2.08. The van der Waals surface area contributed by atoms with Gasteiger partial charge in [-0.25, -0.2) is 0 Å². The average Bonchev–Trinajstić information content (AvgIpc) is 2.34. The number of rotatable bonds is 4. The minimum atomic E-state index is 0.407. The van der Waals surface area contributed by atoms with E-state index in [4.69, 9.17) is 9.59 Å². The lowest BCUT2D eigenvalue weighted by Crippen LogP contribution is -2.24. The summed E-state index contributed by atoms with van der Waals surface area (Å²) < 4.78 is 4.82. The van der Waals surface area contributed by atoms with Crippen LogP contribution in [-0.2, 0) is 9.59 Å². The van der Waals surface area contributed by atoms with Crippen LogP contribution in [0.2, 0.25) is 0 Å². The topological polar surface area (TPSA) is 43.2 Å². The van der Waals surface area contributed by atoms with Crippen LogP contribution in [0.3, 0.4) is 0 Å². The highest BCUT2D eigenvalue weighted by atomic mass is 16.6. The molecule has 1 radical (unpaired) electrons. The molecule has 0 aliphatic carbocycles. The first-order chi connectivity index (χ1) is 7.90. The van der Waals surface area contributed by atoms with Crippen LogP contribution in [0.5, 0.6) is 0 Å². The quantitative estimate of drug-likeness (QED) is 0.244. The van der Waals surface area contributed by atoms with Crippen molar-refractivity contribution in [1.29, 1.82) is 0 Å². The third kappa shape index (κ3) is 2.50. The van der Waals surface area contributed by atoms with Gasteiger partial charge in [-0.1, -0.05) is 29.9 Å². The molecule has 1 aromatic carbocycles. The van der Waals surface area contributed by atoms with Crippen molar-refractivity contribution in [3.63, 3.8) is 0 Å². The van der Waals surface area contributed by atoms with E-state index in [1.54, 1.807) is 26.0 Å². The van der Waals surface area contributed by atoms with E-state index in [-0.39, 0.29) is 0 Å². The molecule has 0 amide bonds. The van der Waals surface area contributed by atoms with Crippen LogP contribution in [0.4, 0.5) is 0 Å². The second-order valence-electron chi connectivity index (χ2n) is 3.17. The van der Waals surface area contributed by atoms with Gasteiger partial charge in [0.05, 0.1) is 12.4 Å². The zero-order chi connectivity index (χ0) is 11.2. The molecule has 4 nitrogen and oxygen atoms in total. The third-order valence-corrected chi connectivity index (χ3v) is 2.01. The maximum absolute atomic E-state index is 4.92. The van der Waals surface area contributed by atoms with Crippen LogP contribution in [0, 0.1) is 0 Å². The molecule has 0 unspecified atom stereocenters. The molecule has 0 spiro atoms. The van der Waals surface area contributed by atoms with Crippen LogP contribution in [0.1, 0.15) is 11.1 Å². The number of hydrogen-bond acceptors (Lipinski definition) is 4. The molecule has 2 rings (SSSR count). The maximum atomic E-state index is 4.92. The van der Waals surface area contributed by atoms with Crippen LogP contribution in [0.15, 0.2) is 41.2 Å². The van der Waals surface area contributed by atoms with Gasteiger partial charge in [-0.05, 0) is 22.7 Å². The Kier molecular flexibility index (Phi) is 3.38. The van der Waals surface area contributed by atoms with E-state index in [0.29, 0.717) is 6.61 Å². The Bertz CT molecular complexity index is 444. The van der Waals surface area contributed by atoms with E-state index in [9.17, 15) is 0 Å². The highest BCUT2D eigenvalue weighted by Crippen LogP contribution is 2.02. The smallest absolute Gasteiger partial charge is 0.449 e. The molecule has 0 saturated heterocycles. The zero-order valence-electron chi connectivity index (χ0n) is 8.67. The Labute approximate surface area is 94.5 Å². The molecule has 1 heterocycles. The van der Waals surface area contributed by atoms with Gasteiger partial charge >= 0.3 is 7.48 Å². The standard InChI is InChI=1S/C11H10BN2O2/c1-2-5-15-13-7-9-3-4-11-10(6-9)8-14-16-12-11/h2-4,6-8H,1,5H2/b13-7+. The second kappa shape index (κ2) is 5.16. The van der Waals surface area contributed by atoms with Crippen molar-refractivity contribution in [2.75, 3.05) is 6.61 Å². The molecule has 1 aliphatic rings. The van der Waals surface area contributed by atoms with Gasteiger partial charge in [-0.2, -0.15) is 0 Å². The first-order valence-electron chi connectivity index (χ1n) is 4.83. The van der Waals surface area contributed by atoms with Gasteiger partial charge in [0.25, 0.3) is 0 Å². The molecule has 0 bridgehead atoms. The van der Waals surface area contributed by atoms with Crippen LogP contribution in [0.25, 0.3) is 0 Å². The summed E-state index contributed by atoms with van der Waals surface area (Å²) in [6.45, 7) is 3.94. The van der Waals surface area contributed by atoms with Crippen molar-refractivity contribution in [3.8, 4) is 0 Å². The van der Waals surface area contributed by atoms with Crippen LogP contribution in [-0.4, -0.2) is 26.5 Å². The zero-order valence-corrected chi connectivity index (χ0v) is 8.67. The number of benzene rings is 1. The monoisotopic (exact) mass is 213 g/mol. The number of nitrogens with zero attached hydrogens (tertiary/aromatic N) is 2. The van der Waals surface area contributed by atoms with Crippen molar-refractivity contribution in [2.24, 2.45) is 10.3 Å². The van der Waals surface area contributed by atoms with Crippen LogP contribution >= 0.6 is 0 Å². The molecule has 1 aromatic rings. The first kappa shape index (κ1) is 10.5. The van der Waals surface area contributed by atoms with Gasteiger partial charge in [0.15, 0.2) is 0 Å². The van der Waals surface area contributed by atoms with Gasteiger partial charge in [0.2, 0.25) is 0 Å². The fourth-order valence-corrected chi connectivity index (χ4v) is 1.26. The van der Waals surface area contributed by atoms with Gasteiger partial charge in [-0.15, -0.1) is 5.16 Å². The summed E-state index contributed by atoms with van der Waals surface area (Å²) in [4.78, 5) is 4.92. The lowest BCUT2D eigenvalue weighted by atomic mass is 9.83. The van der Waals surface area contributed by atoms with Crippen LogP contribution < -0.4 is 5.46 Å². The van der Waals surface area contributed by atoms with E-state index in [0.717, 1.165) is 16.6 Å². The van der Waals surface area contributed by atoms with E-state index < -0.39 is 0 Å². The second-order valence-corrected chi connectivity index (χ2v) is 3.17. The summed E-state index contributed by atoms with van der Waals surface area (Å²) in [5.74, 6) is 0. The van der Waals surface area contributed by atoms with Crippen molar-refractivity contribution in [3.05, 3.63) is 42.0 Å².